The molecule has 1 unspecified atom stereocenters. The van der Waals surface area contributed by atoms with Crippen molar-refractivity contribution in [3.05, 3.63) is 65.7 Å². The largest absolute Gasteiger partial charge is 0.497 e. The Morgan fingerprint density at radius 2 is 1.46 bits per heavy atom. The van der Waals surface area contributed by atoms with Gasteiger partial charge in [0.05, 0.1) is 39.5 Å². The minimum atomic E-state index is -0.206. The van der Waals surface area contributed by atoms with Crippen molar-refractivity contribution >= 4 is 6.29 Å². The molecule has 0 aliphatic heterocycles. The van der Waals surface area contributed by atoms with Gasteiger partial charge in [-0.05, 0) is 30.2 Å². The highest BCUT2D eigenvalue weighted by Crippen LogP contribution is 2.24. The number of carbonyl (C=O) groups excluding carboxylic acids is 1. The van der Waals surface area contributed by atoms with Crippen LogP contribution in [0.4, 0.5) is 0 Å². The molecule has 1 atom stereocenters. The molecule has 0 heterocycles. The molecule has 0 bridgehead atoms. The van der Waals surface area contributed by atoms with E-state index in [4.69, 9.17) is 19.3 Å². The van der Waals surface area contributed by atoms with Crippen molar-refractivity contribution in [3.63, 3.8) is 0 Å². The molecule has 0 saturated carbocycles. The second-order valence-corrected chi connectivity index (χ2v) is 5.33. The Morgan fingerprint density at radius 3 is 1.96 bits per heavy atom. The maximum Gasteiger partial charge on any atom is 0.131 e. The highest BCUT2D eigenvalue weighted by molar-refractivity contribution is 5.68. The van der Waals surface area contributed by atoms with E-state index in [-0.39, 0.29) is 12.5 Å². The fraction of sp³-hybridized carbons (Fsp3) is 0.435. The fourth-order valence-electron chi connectivity index (χ4n) is 2.25. The van der Waals surface area contributed by atoms with E-state index in [9.17, 15) is 4.79 Å². The van der Waals surface area contributed by atoms with Crippen LogP contribution < -0.4 is 4.74 Å². The molecule has 5 heteroatoms. The van der Waals surface area contributed by atoms with Gasteiger partial charge in [-0.2, -0.15) is 0 Å². The number of aliphatic hydroxyl groups excluding tert-OH is 1. The van der Waals surface area contributed by atoms with E-state index in [2.05, 4.69) is 0 Å². The van der Waals surface area contributed by atoms with Gasteiger partial charge >= 0.3 is 0 Å². The first-order valence-corrected chi connectivity index (χ1v) is 9.67. The number of ether oxygens (including phenoxy) is 3. The van der Waals surface area contributed by atoms with Crippen LogP contribution in [-0.4, -0.2) is 51.5 Å². The van der Waals surface area contributed by atoms with Gasteiger partial charge in [-0.15, -0.1) is 0 Å². The molecule has 0 aliphatic rings. The number of methoxy groups -OCH3 is 1. The highest BCUT2D eigenvalue weighted by atomic mass is 16.5. The third kappa shape index (κ3) is 10.8. The van der Waals surface area contributed by atoms with Crippen molar-refractivity contribution < 1.29 is 24.1 Å². The second-order valence-electron chi connectivity index (χ2n) is 5.33. The standard InChI is InChI=1S/C15H14O2.C6H14O3.C2H6/c1-17-14-9-7-13(8-10-14)15(11-16)12-5-3-2-4-6-12;1-2-8-5-6-9-4-3-7;1-2/h2-11,15H,1H3;7H,2-6H2,1H3;1-2H3. The van der Waals surface area contributed by atoms with E-state index in [1.165, 1.54) is 0 Å². The van der Waals surface area contributed by atoms with Gasteiger partial charge in [-0.1, -0.05) is 56.3 Å². The number of hydrogen-bond acceptors (Lipinski definition) is 5. The molecule has 0 saturated heterocycles. The van der Waals surface area contributed by atoms with Gasteiger partial charge < -0.3 is 24.1 Å². The lowest BCUT2D eigenvalue weighted by Crippen LogP contribution is -2.06. The summed E-state index contributed by atoms with van der Waals surface area (Å²) in [5.74, 6) is 0.591. The minimum Gasteiger partial charge on any atom is -0.497 e. The molecule has 0 amide bonds. The number of rotatable bonds is 10. The van der Waals surface area contributed by atoms with Crippen LogP contribution >= 0.6 is 0 Å². The topological polar surface area (TPSA) is 65.0 Å². The SMILES string of the molecule is CC.CCOCCOCCO.COc1ccc(C(C=O)c2ccccc2)cc1. The van der Waals surface area contributed by atoms with Gasteiger partial charge in [-0.3, -0.25) is 0 Å². The lowest BCUT2D eigenvalue weighted by atomic mass is 9.93. The number of hydrogen-bond donors (Lipinski definition) is 1. The van der Waals surface area contributed by atoms with Crippen LogP contribution in [0.3, 0.4) is 0 Å². The zero-order valence-electron chi connectivity index (χ0n) is 17.5. The summed E-state index contributed by atoms with van der Waals surface area (Å²) in [6.45, 7) is 8.36. The summed E-state index contributed by atoms with van der Waals surface area (Å²) in [4.78, 5) is 11.2. The normalized spacial score (nSPS) is 10.6. The summed E-state index contributed by atoms with van der Waals surface area (Å²) in [6.07, 6.45) is 0.969. The van der Waals surface area contributed by atoms with E-state index in [0.717, 1.165) is 29.8 Å². The predicted molar refractivity (Wildman–Crippen MR) is 113 cm³/mol. The first-order valence-electron chi connectivity index (χ1n) is 9.67. The first-order chi connectivity index (χ1) is 13.8. The molecule has 0 aliphatic carbocycles. The molecular weight excluding hydrogens is 356 g/mol. The molecule has 2 rings (SSSR count). The molecule has 2 aromatic carbocycles. The number of benzene rings is 2. The Bertz CT molecular complexity index is 578. The Balaban J connectivity index is 0.000000566. The van der Waals surface area contributed by atoms with Crippen LogP contribution in [0.15, 0.2) is 54.6 Å². The van der Waals surface area contributed by atoms with Crippen LogP contribution in [0.2, 0.25) is 0 Å². The number of carbonyl (C=O) groups is 1. The van der Waals surface area contributed by atoms with Crippen LogP contribution in [0.1, 0.15) is 37.8 Å². The second kappa shape index (κ2) is 18.2. The van der Waals surface area contributed by atoms with Crippen molar-refractivity contribution in [2.75, 3.05) is 40.1 Å². The van der Waals surface area contributed by atoms with Crippen molar-refractivity contribution in [1.29, 1.82) is 0 Å². The molecular formula is C23H34O5. The summed E-state index contributed by atoms with van der Waals surface area (Å²) >= 11 is 0. The maximum atomic E-state index is 11.2. The summed E-state index contributed by atoms with van der Waals surface area (Å²) in [7, 11) is 1.63. The lowest BCUT2D eigenvalue weighted by molar-refractivity contribution is -0.108. The van der Waals surface area contributed by atoms with Crippen LogP contribution in [0.5, 0.6) is 5.75 Å². The number of aliphatic hydroxyl groups is 1. The van der Waals surface area contributed by atoms with E-state index in [0.29, 0.717) is 19.8 Å². The number of aldehydes is 1. The minimum absolute atomic E-state index is 0.0894. The summed E-state index contributed by atoms with van der Waals surface area (Å²) in [5, 5.41) is 8.26. The molecule has 0 spiro atoms. The average molecular weight is 391 g/mol. The Hall–Kier alpha value is -2.21. The van der Waals surface area contributed by atoms with E-state index in [1.54, 1.807) is 7.11 Å². The molecule has 0 radical (unpaired) electrons. The monoisotopic (exact) mass is 390 g/mol. The Kier molecular flexibility index (Phi) is 16.7. The third-order valence-corrected chi connectivity index (χ3v) is 3.58. The smallest absolute Gasteiger partial charge is 0.131 e. The fourth-order valence-corrected chi connectivity index (χ4v) is 2.25. The van der Waals surface area contributed by atoms with E-state index in [1.807, 2.05) is 75.4 Å². The van der Waals surface area contributed by atoms with Crippen molar-refractivity contribution in [1.82, 2.24) is 0 Å². The van der Waals surface area contributed by atoms with Crippen LogP contribution in [0.25, 0.3) is 0 Å². The van der Waals surface area contributed by atoms with Gasteiger partial charge in [-0.25, -0.2) is 0 Å². The zero-order valence-corrected chi connectivity index (χ0v) is 17.5. The van der Waals surface area contributed by atoms with Gasteiger partial charge in [0.15, 0.2) is 0 Å². The van der Waals surface area contributed by atoms with Crippen molar-refractivity contribution in [3.8, 4) is 5.75 Å². The predicted octanol–water partition coefficient (Wildman–Crippen LogP) is 4.08. The third-order valence-electron chi connectivity index (χ3n) is 3.58. The highest BCUT2D eigenvalue weighted by Gasteiger charge is 2.12. The van der Waals surface area contributed by atoms with Crippen LogP contribution in [-0.2, 0) is 14.3 Å². The van der Waals surface area contributed by atoms with Crippen molar-refractivity contribution in [2.45, 2.75) is 26.7 Å². The summed E-state index contributed by atoms with van der Waals surface area (Å²) in [6, 6.07) is 17.3. The molecule has 28 heavy (non-hydrogen) atoms. The van der Waals surface area contributed by atoms with Gasteiger partial charge in [0.25, 0.3) is 0 Å². The zero-order chi connectivity index (χ0) is 21.0. The first kappa shape index (κ1) is 25.8. The molecule has 0 aromatic heterocycles. The average Bonchev–Trinajstić information content (AvgIpc) is 2.77. The quantitative estimate of drug-likeness (QED) is 0.489. The summed E-state index contributed by atoms with van der Waals surface area (Å²) < 4.78 is 15.0. The molecule has 156 valence electrons. The van der Waals surface area contributed by atoms with E-state index < -0.39 is 0 Å². The molecule has 0 fully saturated rings. The summed E-state index contributed by atoms with van der Waals surface area (Å²) in [5.41, 5.74) is 1.99. The molecule has 2 aromatic rings. The maximum absolute atomic E-state index is 11.2. The lowest BCUT2D eigenvalue weighted by Gasteiger charge is -2.11. The van der Waals surface area contributed by atoms with Gasteiger partial charge in [0, 0.05) is 6.61 Å². The van der Waals surface area contributed by atoms with Gasteiger partial charge in [0.1, 0.15) is 12.0 Å². The van der Waals surface area contributed by atoms with E-state index >= 15 is 0 Å². The van der Waals surface area contributed by atoms with Crippen molar-refractivity contribution in [2.24, 2.45) is 0 Å². The molecule has 5 nitrogen and oxygen atoms in total. The molecule has 1 N–H and O–H groups in total. The Morgan fingerprint density at radius 1 is 0.893 bits per heavy atom. The van der Waals surface area contributed by atoms with Crippen LogP contribution in [0, 0.1) is 0 Å². The Labute approximate surface area is 169 Å². The van der Waals surface area contributed by atoms with Gasteiger partial charge in [0.2, 0.25) is 0 Å².